The number of hydrogen-bond donors (Lipinski definition) is 0. The standard InChI is InChI=1S/C13H12NO/c1-2-4-13(5-3-1)15-11-8-12-6-9-14-10-7-12/h2-7,9-10H,8,11H2. The second-order valence-corrected chi connectivity index (χ2v) is 3.19. The van der Waals surface area contributed by atoms with Crippen LogP contribution in [-0.4, -0.2) is 11.6 Å². The summed E-state index contributed by atoms with van der Waals surface area (Å²) in [7, 11) is 0. The minimum atomic E-state index is 0.689. The summed E-state index contributed by atoms with van der Waals surface area (Å²) < 4.78 is 5.57. The second-order valence-electron chi connectivity index (χ2n) is 3.19. The number of rotatable bonds is 4. The van der Waals surface area contributed by atoms with E-state index >= 15 is 0 Å². The molecule has 0 saturated heterocycles. The molecule has 75 valence electrons. The van der Waals surface area contributed by atoms with Gasteiger partial charge in [0.05, 0.1) is 6.61 Å². The van der Waals surface area contributed by atoms with Gasteiger partial charge in [-0.15, -0.1) is 0 Å². The molecule has 0 aliphatic carbocycles. The summed E-state index contributed by atoms with van der Waals surface area (Å²) in [6, 6.07) is 14.5. The molecule has 0 amide bonds. The largest absolute Gasteiger partial charge is 0.493 e. The molecule has 0 saturated carbocycles. The van der Waals surface area contributed by atoms with Crippen molar-refractivity contribution in [2.24, 2.45) is 0 Å². The lowest BCUT2D eigenvalue weighted by molar-refractivity contribution is 0.322. The van der Waals surface area contributed by atoms with Crippen LogP contribution in [0.3, 0.4) is 0 Å². The van der Waals surface area contributed by atoms with E-state index in [-0.39, 0.29) is 0 Å². The zero-order chi connectivity index (χ0) is 10.3. The Bertz CT molecular complexity index is 346. The third-order valence-electron chi connectivity index (χ3n) is 2.10. The molecule has 0 bridgehead atoms. The van der Waals surface area contributed by atoms with E-state index in [2.05, 4.69) is 11.1 Å². The molecule has 1 radical (unpaired) electrons. The van der Waals surface area contributed by atoms with Crippen molar-refractivity contribution in [1.29, 1.82) is 0 Å². The molecule has 1 heterocycles. The van der Waals surface area contributed by atoms with Crippen LogP contribution in [0.5, 0.6) is 5.75 Å². The SMILES string of the molecule is [c]1ccc(OCCc2ccncc2)cc1. The first kappa shape index (κ1) is 9.71. The van der Waals surface area contributed by atoms with Gasteiger partial charge in [0.15, 0.2) is 0 Å². The number of aromatic nitrogens is 1. The van der Waals surface area contributed by atoms with E-state index in [0.717, 1.165) is 12.2 Å². The van der Waals surface area contributed by atoms with Gasteiger partial charge < -0.3 is 4.74 Å². The van der Waals surface area contributed by atoms with Crippen LogP contribution in [0, 0.1) is 6.07 Å². The van der Waals surface area contributed by atoms with Crippen molar-refractivity contribution in [1.82, 2.24) is 4.98 Å². The predicted molar refractivity (Wildman–Crippen MR) is 58.7 cm³/mol. The van der Waals surface area contributed by atoms with Gasteiger partial charge in [-0.1, -0.05) is 12.1 Å². The van der Waals surface area contributed by atoms with Crippen molar-refractivity contribution >= 4 is 0 Å². The van der Waals surface area contributed by atoms with Gasteiger partial charge in [-0.3, -0.25) is 4.98 Å². The van der Waals surface area contributed by atoms with Gasteiger partial charge in [0.2, 0.25) is 0 Å². The summed E-state index contributed by atoms with van der Waals surface area (Å²) in [6.45, 7) is 0.689. The molecule has 1 aromatic carbocycles. The molecular weight excluding hydrogens is 186 g/mol. The highest BCUT2D eigenvalue weighted by atomic mass is 16.5. The molecule has 2 rings (SSSR count). The highest BCUT2D eigenvalue weighted by Crippen LogP contribution is 2.08. The van der Waals surface area contributed by atoms with E-state index < -0.39 is 0 Å². The Kier molecular flexibility index (Phi) is 3.34. The molecule has 0 fully saturated rings. The number of benzene rings is 1. The highest BCUT2D eigenvalue weighted by Gasteiger charge is 1.93. The summed E-state index contributed by atoms with van der Waals surface area (Å²) >= 11 is 0. The first-order valence-corrected chi connectivity index (χ1v) is 4.93. The summed E-state index contributed by atoms with van der Waals surface area (Å²) in [6.07, 6.45) is 4.50. The maximum Gasteiger partial charge on any atom is 0.119 e. The van der Waals surface area contributed by atoms with E-state index in [1.807, 2.05) is 36.4 Å². The average molecular weight is 198 g/mol. The molecule has 2 nitrogen and oxygen atoms in total. The molecule has 0 unspecified atom stereocenters. The van der Waals surface area contributed by atoms with Crippen LogP contribution in [0.15, 0.2) is 48.8 Å². The van der Waals surface area contributed by atoms with Gasteiger partial charge in [-0.05, 0) is 35.9 Å². The summed E-state index contributed by atoms with van der Waals surface area (Å²) in [4.78, 5) is 3.97. The number of ether oxygens (including phenoxy) is 1. The minimum Gasteiger partial charge on any atom is -0.493 e. The lowest BCUT2D eigenvalue weighted by Gasteiger charge is -2.05. The van der Waals surface area contributed by atoms with Crippen LogP contribution in [0.25, 0.3) is 0 Å². The monoisotopic (exact) mass is 198 g/mol. The van der Waals surface area contributed by atoms with E-state index in [4.69, 9.17) is 4.74 Å². The molecular formula is C13H12NO. The Labute approximate surface area is 89.6 Å². The zero-order valence-corrected chi connectivity index (χ0v) is 8.39. The topological polar surface area (TPSA) is 22.1 Å². The maximum atomic E-state index is 5.57. The molecule has 2 aromatic rings. The lowest BCUT2D eigenvalue weighted by atomic mass is 10.2. The van der Waals surface area contributed by atoms with E-state index in [9.17, 15) is 0 Å². The van der Waals surface area contributed by atoms with Crippen LogP contribution in [-0.2, 0) is 6.42 Å². The smallest absolute Gasteiger partial charge is 0.119 e. The molecule has 0 aliphatic heterocycles. The van der Waals surface area contributed by atoms with Gasteiger partial charge in [0.25, 0.3) is 0 Å². The van der Waals surface area contributed by atoms with Crippen molar-refractivity contribution in [3.8, 4) is 5.75 Å². The van der Waals surface area contributed by atoms with Crippen LogP contribution in [0.1, 0.15) is 5.56 Å². The number of hydrogen-bond acceptors (Lipinski definition) is 2. The van der Waals surface area contributed by atoms with Crippen LogP contribution in [0.2, 0.25) is 0 Å². The van der Waals surface area contributed by atoms with Crippen LogP contribution < -0.4 is 4.74 Å². The van der Waals surface area contributed by atoms with E-state index in [1.165, 1.54) is 5.56 Å². The maximum absolute atomic E-state index is 5.57. The summed E-state index contributed by atoms with van der Waals surface area (Å²) in [5.74, 6) is 0.891. The number of pyridine rings is 1. The van der Waals surface area contributed by atoms with Crippen LogP contribution in [0.4, 0.5) is 0 Å². The van der Waals surface area contributed by atoms with Crippen LogP contribution >= 0.6 is 0 Å². The number of nitrogens with zero attached hydrogens (tertiary/aromatic N) is 1. The van der Waals surface area contributed by atoms with Gasteiger partial charge in [-0.25, -0.2) is 0 Å². The fourth-order valence-corrected chi connectivity index (χ4v) is 1.30. The molecule has 0 atom stereocenters. The first-order valence-electron chi connectivity index (χ1n) is 4.93. The van der Waals surface area contributed by atoms with Crippen molar-refractivity contribution in [2.75, 3.05) is 6.61 Å². The van der Waals surface area contributed by atoms with Gasteiger partial charge in [0.1, 0.15) is 5.75 Å². The molecule has 0 spiro atoms. The van der Waals surface area contributed by atoms with E-state index in [0.29, 0.717) is 6.61 Å². The third kappa shape index (κ3) is 3.09. The molecule has 0 N–H and O–H groups in total. The van der Waals surface area contributed by atoms with Crippen molar-refractivity contribution in [3.63, 3.8) is 0 Å². The molecule has 1 aromatic heterocycles. The Morgan fingerprint density at radius 1 is 1.07 bits per heavy atom. The van der Waals surface area contributed by atoms with Crippen molar-refractivity contribution in [2.45, 2.75) is 6.42 Å². The highest BCUT2D eigenvalue weighted by molar-refractivity contribution is 5.20. The fourth-order valence-electron chi connectivity index (χ4n) is 1.30. The van der Waals surface area contributed by atoms with Crippen molar-refractivity contribution in [3.05, 3.63) is 60.4 Å². The van der Waals surface area contributed by atoms with E-state index in [1.54, 1.807) is 12.4 Å². The minimum absolute atomic E-state index is 0.689. The lowest BCUT2D eigenvalue weighted by Crippen LogP contribution is -2.00. The third-order valence-corrected chi connectivity index (χ3v) is 2.10. The Balaban J connectivity index is 1.81. The van der Waals surface area contributed by atoms with Crippen molar-refractivity contribution < 1.29 is 4.74 Å². The van der Waals surface area contributed by atoms with Gasteiger partial charge in [0, 0.05) is 18.8 Å². The predicted octanol–water partition coefficient (Wildman–Crippen LogP) is 2.50. The molecule has 0 aliphatic rings. The quantitative estimate of drug-likeness (QED) is 0.753. The zero-order valence-electron chi connectivity index (χ0n) is 8.39. The molecule has 2 heteroatoms. The Morgan fingerprint density at radius 2 is 1.80 bits per heavy atom. The molecule has 15 heavy (non-hydrogen) atoms. The van der Waals surface area contributed by atoms with Gasteiger partial charge >= 0.3 is 0 Å². The fraction of sp³-hybridized carbons (Fsp3) is 0.154. The second kappa shape index (κ2) is 5.15. The normalized spacial score (nSPS) is 9.87. The summed E-state index contributed by atoms with van der Waals surface area (Å²) in [5, 5.41) is 0. The Morgan fingerprint density at radius 3 is 2.53 bits per heavy atom. The Hall–Kier alpha value is -1.83. The van der Waals surface area contributed by atoms with Gasteiger partial charge in [-0.2, -0.15) is 0 Å². The summed E-state index contributed by atoms with van der Waals surface area (Å²) in [5.41, 5.74) is 1.24. The first-order chi connectivity index (χ1) is 7.45. The average Bonchev–Trinajstić information content (AvgIpc) is 2.32.